The molecule has 2 fully saturated rings. The van der Waals surface area contributed by atoms with Gasteiger partial charge in [0.05, 0.1) is 26.4 Å². The van der Waals surface area contributed by atoms with Crippen LogP contribution in [0.1, 0.15) is 37.8 Å². The second kappa shape index (κ2) is 5.50. The van der Waals surface area contributed by atoms with Crippen LogP contribution < -0.4 is 0 Å². The Kier molecular flexibility index (Phi) is 3.87. The lowest BCUT2D eigenvalue weighted by atomic mass is 9.73. The van der Waals surface area contributed by atoms with Gasteiger partial charge in [-0.25, -0.2) is 0 Å². The normalized spacial score (nSPS) is 22.9. The molecular weight excluding hydrogens is 248 g/mol. The molecule has 0 radical (unpaired) electrons. The molecule has 0 aliphatic carbocycles. The average Bonchev–Trinajstić information content (AvgIpc) is 2.39. The van der Waals surface area contributed by atoms with Gasteiger partial charge in [-0.2, -0.15) is 0 Å². The van der Waals surface area contributed by atoms with Crippen LogP contribution in [0.3, 0.4) is 0 Å². The average molecular weight is 274 g/mol. The number of ether oxygens (including phenoxy) is 2. The number of rotatable bonds is 6. The van der Waals surface area contributed by atoms with E-state index in [4.69, 9.17) is 9.47 Å². The monoisotopic (exact) mass is 274 g/mol. The predicted molar refractivity (Wildman–Crippen MR) is 80.9 cm³/mol. The van der Waals surface area contributed by atoms with Gasteiger partial charge in [-0.15, -0.1) is 0 Å². The van der Waals surface area contributed by atoms with Gasteiger partial charge < -0.3 is 9.47 Å². The molecule has 2 heterocycles. The standard InChI is InChI=1S/C18H26O2/c1-3-17(11-19-12-17)9-15-7-5-6-8-16(15)10-18(4-2)13-20-14-18/h5-8H,3-4,9-14H2,1-2H3. The lowest BCUT2D eigenvalue weighted by Crippen LogP contribution is -2.45. The zero-order valence-electron chi connectivity index (χ0n) is 12.8. The van der Waals surface area contributed by atoms with Gasteiger partial charge in [0.25, 0.3) is 0 Å². The maximum absolute atomic E-state index is 5.48. The molecule has 2 saturated heterocycles. The first-order valence-corrected chi connectivity index (χ1v) is 7.93. The van der Waals surface area contributed by atoms with Gasteiger partial charge in [0.1, 0.15) is 0 Å². The van der Waals surface area contributed by atoms with Gasteiger partial charge in [0, 0.05) is 10.8 Å². The molecule has 3 rings (SSSR count). The second-order valence-corrected chi connectivity index (χ2v) is 6.81. The summed E-state index contributed by atoms with van der Waals surface area (Å²) in [7, 11) is 0. The van der Waals surface area contributed by atoms with Crippen molar-refractivity contribution in [2.75, 3.05) is 26.4 Å². The van der Waals surface area contributed by atoms with E-state index >= 15 is 0 Å². The van der Waals surface area contributed by atoms with Crippen molar-refractivity contribution >= 4 is 0 Å². The smallest absolute Gasteiger partial charge is 0.0547 e. The summed E-state index contributed by atoms with van der Waals surface area (Å²) in [6, 6.07) is 8.98. The molecule has 0 saturated carbocycles. The highest BCUT2D eigenvalue weighted by atomic mass is 16.5. The third kappa shape index (κ3) is 2.51. The van der Waals surface area contributed by atoms with Crippen LogP contribution in [0.4, 0.5) is 0 Å². The molecule has 2 aliphatic heterocycles. The molecule has 1 aromatic carbocycles. The number of hydrogen-bond donors (Lipinski definition) is 0. The van der Waals surface area contributed by atoms with E-state index in [0.717, 1.165) is 26.4 Å². The summed E-state index contributed by atoms with van der Waals surface area (Å²) in [6.07, 6.45) is 4.76. The van der Waals surface area contributed by atoms with Crippen molar-refractivity contribution in [3.8, 4) is 0 Å². The summed E-state index contributed by atoms with van der Waals surface area (Å²) in [6.45, 7) is 8.30. The van der Waals surface area contributed by atoms with Gasteiger partial charge in [-0.05, 0) is 36.8 Å². The number of benzene rings is 1. The Labute approximate surface area is 122 Å². The van der Waals surface area contributed by atoms with Crippen LogP contribution in [0.5, 0.6) is 0 Å². The summed E-state index contributed by atoms with van der Waals surface area (Å²) >= 11 is 0. The SMILES string of the molecule is CCC1(Cc2ccccc2CC2(CC)COC2)COC1. The lowest BCUT2D eigenvalue weighted by molar-refractivity contribution is -0.117. The largest absolute Gasteiger partial charge is 0.380 e. The van der Waals surface area contributed by atoms with Gasteiger partial charge >= 0.3 is 0 Å². The molecule has 2 nitrogen and oxygen atoms in total. The summed E-state index contributed by atoms with van der Waals surface area (Å²) in [5.41, 5.74) is 3.84. The number of hydrogen-bond acceptors (Lipinski definition) is 2. The maximum atomic E-state index is 5.48. The molecule has 0 N–H and O–H groups in total. The first-order valence-electron chi connectivity index (χ1n) is 7.93. The van der Waals surface area contributed by atoms with Crippen molar-refractivity contribution in [2.45, 2.75) is 39.5 Å². The molecule has 0 atom stereocenters. The Morgan fingerprint density at radius 2 is 1.20 bits per heavy atom. The van der Waals surface area contributed by atoms with Crippen LogP contribution in [0, 0.1) is 10.8 Å². The van der Waals surface area contributed by atoms with Crippen LogP contribution in [-0.4, -0.2) is 26.4 Å². The third-order valence-electron chi connectivity index (χ3n) is 5.38. The minimum atomic E-state index is 0.394. The summed E-state index contributed by atoms with van der Waals surface area (Å²) in [4.78, 5) is 0. The zero-order chi connectivity index (χ0) is 14.1. The molecule has 0 aromatic heterocycles. The van der Waals surface area contributed by atoms with Gasteiger partial charge in [-0.3, -0.25) is 0 Å². The lowest BCUT2D eigenvalue weighted by Gasteiger charge is -2.43. The Hall–Kier alpha value is -0.860. The fourth-order valence-corrected chi connectivity index (χ4v) is 3.35. The fourth-order valence-electron chi connectivity index (χ4n) is 3.35. The van der Waals surface area contributed by atoms with Gasteiger partial charge in [0.2, 0.25) is 0 Å². The van der Waals surface area contributed by atoms with Crippen molar-refractivity contribution in [3.05, 3.63) is 35.4 Å². The molecule has 0 bridgehead atoms. The topological polar surface area (TPSA) is 18.5 Å². The van der Waals surface area contributed by atoms with Gasteiger partial charge in [-0.1, -0.05) is 38.1 Å². The summed E-state index contributed by atoms with van der Waals surface area (Å²) in [5, 5.41) is 0. The third-order valence-corrected chi connectivity index (χ3v) is 5.38. The molecular formula is C18H26O2. The first kappa shape index (κ1) is 14.1. The summed E-state index contributed by atoms with van der Waals surface area (Å²) < 4.78 is 11.0. The molecule has 0 spiro atoms. The Morgan fingerprint density at radius 3 is 1.45 bits per heavy atom. The molecule has 110 valence electrons. The molecule has 2 aliphatic rings. The summed E-state index contributed by atoms with van der Waals surface area (Å²) in [5.74, 6) is 0. The van der Waals surface area contributed by atoms with E-state index in [1.54, 1.807) is 0 Å². The van der Waals surface area contributed by atoms with E-state index in [9.17, 15) is 0 Å². The molecule has 20 heavy (non-hydrogen) atoms. The molecule has 2 heteroatoms. The first-order chi connectivity index (χ1) is 9.71. The molecule has 1 aromatic rings. The van der Waals surface area contributed by atoms with Crippen LogP contribution in [0.15, 0.2) is 24.3 Å². The highest BCUT2D eigenvalue weighted by Crippen LogP contribution is 2.39. The van der Waals surface area contributed by atoms with Crippen LogP contribution >= 0.6 is 0 Å². The second-order valence-electron chi connectivity index (χ2n) is 6.81. The predicted octanol–water partition coefficient (Wildman–Crippen LogP) is 3.62. The van der Waals surface area contributed by atoms with E-state index in [-0.39, 0.29) is 0 Å². The van der Waals surface area contributed by atoms with Crippen LogP contribution in [0.25, 0.3) is 0 Å². The minimum absolute atomic E-state index is 0.394. The van der Waals surface area contributed by atoms with Gasteiger partial charge in [0.15, 0.2) is 0 Å². The van der Waals surface area contributed by atoms with E-state index in [0.29, 0.717) is 10.8 Å². The van der Waals surface area contributed by atoms with Crippen molar-refractivity contribution < 1.29 is 9.47 Å². The van der Waals surface area contributed by atoms with Crippen molar-refractivity contribution in [3.63, 3.8) is 0 Å². The van der Waals surface area contributed by atoms with E-state index in [1.807, 2.05) is 0 Å². The molecule has 0 amide bonds. The van der Waals surface area contributed by atoms with Crippen molar-refractivity contribution in [1.82, 2.24) is 0 Å². The Balaban J connectivity index is 1.77. The highest BCUT2D eigenvalue weighted by Gasteiger charge is 2.39. The van der Waals surface area contributed by atoms with E-state index in [2.05, 4.69) is 38.1 Å². The Bertz CT molecular complexity index is 404. The van der Waals surface area contributed by atoms with Crippen molar-refractivity contribution in [1.29, 1.82) is 0 Å². The van der Waals surface area contributed by atoms with E-state index < -0.39 is 0 Å². The van der Waals surface area contributed by atoms with Crippen LogP contribution in [0.2, 0.25) is 0 Å². The highest BCUT2D eigenvalue weighted by molar-refractivity contribution is 5.30. The quantitative estimate of drug-likeness (QED) is 0.788. The molecule has 0 unspecified atom stereocenters. The fraction of sp³-hybridized carbons (Fsp3) is 0.667. The zero-order valence-corrected chi connectivity index (χ0v) is 12.8. The minimum Gasteiger partial charge on any atom is -0.380 e. The Morgan fingerprint density at radius 1 is 0.800 bits per heavy atom. The van der Waals surface area contributed by atoms with Crippen molar-refractivity contribution in [2.24, 2.45) is 10.8 Å². The van der Waals surface area contributed by atoms with Crippen LogP contribution in [-0.2, 0) is 22.3 Å². The maximum Gasteiger partial charge on any atom is 0.0547 e. The van der Waals surface area contributed by atoms with E-state index in [1.165, 1.54) is 36.8 Å².